The Bertz CT molecular complexity index is 435. The smallest absolute Gasteiger partial charge is 0.308 e. The summed E-state index contributed by atoms with van der Waals surface area (Å²) < 4.78 is 1.98. The zero-order chi connectivity index (χ0) is 13.8. The van der Waals surface area contributed by atoms with E-state index in [4.69, 9.17) is 7.85 Å². The van der Waals surface area contributed by atoms with Crippen molar-refractivity contribution in [2.75, 3.05) is 13.1 Å². The van der Waals surface area contributed by atoms with E-state index in [-0.39, 0.29) is 11.8 Å². The van der Waals surface area contributed by atoms with Crippen molar-refractivity contribution in [3.8, 4) is 0 Å². The Labute approximate surface area is 115 Å². The average Bonchev–Trinajstić information content (AvgIpc) is 2.95. The molecule has 0 saturated carbocycles. The van der Waals surface area contributed by atoms with Crippen LogP contribution in [0, 0.1) is 11.8 Å². The normalized spacial score (nSPS) is 23.8. The number of carbonyl (C=O) groups is 1. The highest BCUT2D eigenvalue weighted by molar-refractivity contribution is 6.08. The lowest BCUT2D eigenvalue weighted by Crippen LogP contribution is -2.24. The van der Waals surface area contributed by atoms with E-state index in [2.05, 4.69) is 9.88 Å². The third-order valence-electron chi connectivity index (χ3n) is 3.90. The fourth-order valence-corrected chi connectivity index (χ4v) is 2.79. The van der Waals surface area contributed by atoms with Gasteiger partial charge in [0.25, 0.3) is 0 Å². The molecule has 2 rings (SSSR count). The van der Waals surface area contributed by atoms with E-state index in [1.54, 1.807) is 6.20 Å². The summed E-state index contributed by atoms with van der Waals surface area (Å²) in [6, 6.07) is 0. The van der Waals surface area contributed by atoms with Gasteiger partial charge in [-0.25, -0.2) is 4.98 Å². The number of aliphatic carboxylic acids is 1. The maximum Gasteiger partial charge on any atom is 0.308 e. The first-order valence-electron chi connectivity index (χ1n) is 6.73. The molecule has 6 heteroatoms. The lowest BCUT2D eigenvalue weighted by atomic mass is 9.88. The Kier molecular flexibility index (Phi) is 4.63. The molecule has 0 unspecified atom stereocenters. The summed E-state index contributed by atoms with van der Waals surface area (Å²) in [4.78, 5) is 17.8. The van der Waals surface area contributed by atoms with Gasteiger partial charge in [0.2, 0.25) is 0 Å². The molecule has 1 aromatic heterocycles. The zero-order valence-corrected chi connectivity index (χ0v) is 11.3. The van der Waals surface area contributed by atoms with Crippen LogP contribution in [-0.2, 0) is 18.4 Å². The third-order valence-corrected chi connectivity index (χ3v) is 3.90. The second-order valence-electron chi connectivity index (χ2n) is 5.28. The Hall–Kier alpha value is -1.30. The van der Waals surface area contributed by atoms with Crippen LogP contribution in [-0.4, -0.2) is 46.5 Å². The van der Waals surface area contributed by atoms with Crippen molar-refractivity contribution >= 4 is 13.8 Å². The van der Waals surface area contributed by atoms with E-state index in [0.717, 1.165) is 25.2 Å². The van der Waals surface area contributed by atoms with Crippen LogP contribution in [0.5, 0.6) is 0 Å². The number of aryl methyl sites for hydroxylation is 1. The summed E-state index contributed by atoms with van der Waals surface area (Å²) in [5, 5.41) is 9.30. The molecule has 0 aliphatic carbocycles. The fourth-order valence-electron chi connectivity index (χ4n) is 2.79. The van der Waals surface area contributed by atoms with Crippen LogP contribution in [0.15, 0.2) is 12.4 Å². The molecule has 19 heavy (non-hydrogen) atoms. The molecule has 2 heterocycles. The van der Waals surface area contributed by atoms with Gasteiger partial charge in [-0.1, -0.05) is 12.7 Å². The molecule has 1 fully saturated rings. The van der Waals surface area contributed by atoms with Crippen molar-refractivity contribution < 1.29 is 9.90 Å². The number of likely N-dealkylation sites (tertiary alicyclic amines) is 1. The third kappa shape index (κ3) is 3.38. The summed E-state index contributed by atoms with van der Waals surface area (Å²) in [7, 11) is 7.48. The predicted molar refractivity (Wildman–Crippen MR) is 72.9 cm³/mol. The number of carboxylic acids is 1. The van der Waals surface area contributed by atoms with Crippen LogP contribution >= 0.6 is 0 Å². The van der Waals surface area contributed by atoms with E-state index in [9.17, 15) is 9.90 Å². The largest absolute Gasteiger partial charge is 0.481 e. The van der Waals surface area contributed by atoms with Gasteiger partial charge in [-0.2, -0.15) is 0 Å². The lowest BCUT2D eigenvalue weighted by Gasteiger charge is -2.15. The number of hydrogen-bond acceptors (Lipinski definition) is 3. The monoisotopic (exact) mass is 261 g/mol. The molecule has 0 bridgehead atoms. The summed E-state index contributed by atoms with van der Waals surface area (Å²) in [6.45, 7) is 2.15. The summed E-state index contributed by atoms with van der Waals surface area (Å²) >= 11 is 0. The minimum absolute atomic E-state index is 0.210. The van der Waals surface area contributed by atoms with E-state index < -0.39 is 5.97 Å². The first kappa shape index (κ1) is 14.1. The van der Waals surface area contributed by atoms with Gasteiger partial charge in [0, 0.05) is 32.5 Å². The van der Waals surface area contributed by atoms with Gasteiger partial charge >= 0.3 is 5.97 Å². The van der Waals surface area contributed by atoms with Gasteiger partial charge in [0.05, 0.1) is 20.3 Å². The minimum Gasteiger partial charge on any atom is -0.481 e. The standard InChI is InChI=1S/C13H20BN3O2/c1-16-6-5-15-12(16)9-17-7-10(3-2-4-14)11(8-17)13(18)19/h5-6,10-11H,2-4,7-9H2,1H3,(H,18,19)/t10-,11+/m0/s1. The van der Waals surface area contributed by atoms with Gasteiger partial charge in [0.15, 0.2) is 0 Å². The van der Waals surface area contributed by atoms with Crippen molar-refractivity contribution in [3.63, 3.8) is 0 Å². The van der Waals surface area contributed by atoms with Crippen LogP contribution in [0.3, 0.4) is 0 Å². The van der Waals surface area contributed by atoms with Crippen molar-refractivity contribution in [1.82, 2.24) is 14.5 Å². The first-order chi connectivity index (χ1) is 9.11. The van der Waals surface area contributed by atoms with Crippen LogP contribution in [0.1, 0.15) is 18.7 Å². The van der Waals surface area contributed by atoms with E-state index in [0.29, 0.717) is 19.4 Å². The Morgan fingerprint density at radius 2 is 2.37 bits per heavy atom. The van der Waals surface area contributed by atoms with Crippen molar-refractivity contribution in [2.45, 2.75) is 25.7 Å². The molecule has 102 valence electrons. The molecule has 1 N–H and O–H groups in total. The first-order valence-corrected chi connectivity index (χ1v) is 6.73. The topological polar surface area (TPSA) is 58.4 Å². The van der Waals surface area contributed by atoms with Gasteiger partial charge in [-0.15, -0.1) is 0 Å². The summed E-state index contributed by atoms with van der Waals surface area (Å²) in [5.74, 6) is 0.223. The fraction of sp³-hybridized carbons (Fsp3) is 0.692. The summed E-state index contributed by atoms with van der Waals surface area (Å²) in [5.41, 5.74) is 0. The molecule has 1 aromatic rings. The van der Waals surface area contributed by atoms with E-state index >= 15 is 0 Å². The Balaban J connectivity index is 1.97. The Morgan fingerprint density at radius 1 is 1.58 bits per heavy atom. The highest BCUT2D eigenvalue weighted by Gasteiger charge is 2.37. The van der Waals surface area contributed by atoms with E-state index in [1.165, 1.54) is 0 Å². The molecule has 2 radical (unpaired) electrons. The number of nitrogens with zero attached hydrogens (tertiary/aromatic N) is 3. The van der Waals surface area contributed by atoms with Gasteiger partial charge < -0.3 is 9.67 Å². The van der Waals surface area contributed by atoms with Crippen molar-refractivity contribution in [3.05, 3.63) is 18.2 Å². The minimum atomic E-state index is -0.690. The van der Waals surface area contributed by atoms with Crippen LogP contribution < -0.4 is 0 Å². The van der Waals surface area contributed by atoms with Gasteiger partial charge in [0.1, 0.15) is 5.82 Å². The van der Waals surface area contributed by atoms with Crippen molar-refractivity contribution in [1.29, 1.82) is 0 Å². The molecule has 0 spiro atoms. The molecule has 1 aliphatic heterocycles. The van der Waals surface area contributed by atoms with Crippen LogP contribution in [0.4, 0.5) is 0 Å². The maximum atomic E-state index is 11.3. The second-order valence-corrected chi connectivity index (χ2v) is 5.28. The Morgan fingerprint density at radius 3 is 2.95 bits per heavy atom. The zero-order valence-electron chi connectivity index (χ0n) is 11.3. The molecule has 0 amide bonds. The molecule has 0 aromatic carbocycles. The summed E-state index contributed by atoms with van der Waals surface area (Å²) in [6.07, 6.45) is 6.09. The number of imidazole rings is 1. The van der Waals surface area contributed by atoms with Crippen molar-refractivity contribution in [2.24, 2.45) is 18.9 Å². The van der Waals surface area contributed by atoms with Gasteiger partial charge in [-0.05, 0) is 12.3 Å². The highest BCUT2D eigenvalue weighted by Crippen LogP contribution is 2.28. The van der Waals surface area contributed by atoms with E-state index in [1.807, 2.05) is 17.8 Å². The molecule has 1 saturated heterocycles. The highest BCUT2D eigenvalue weighted by atomic mass is 16.4. The SMILES string of the molecule is [B]CCC[C@H]1CN(Cc2nccn2C)C[C@H]1C(=O)O. The van der Waals surface area contributed by atoms with Gasteiger partial charge in [-0.3, -0.25) is 9.69 Å². The number of hydrogen-bond donors (Lipinski definition) is 1. The average molecular weight is 261 g/mol. The molecular formula is C13H20BN3O2. The molecule has 2 atom stereocenters. The number of rotatable bonds is 6. The molecular weight excluding hydrogens is 241 g/mol. The predicted octanol–water partition coefficient (Wildman–Crippen LogP) is 0.920. The molecule has 5 nitrogen and oxygen atoms in total. The second kappa shape index (κ2) is 6.24. The number of aromatic nitrogens is 2. The van der Waals surface area contributed by atoms with Crippen LogP contribution in [0.25, 0.3) is 0 Å². The maximum absolute atomic E-state index is 11.3. The van der Waals surface area contributed by atoms with Crippen LogP contribution in [0.2, 0.25) is 6.32 Å². The lowest BCUT2D eigenvalue weighted by molar-refractivity contribution is -0.142. The quantitative estimate of drug-likeness (QED) is 0.773. The molecule has 1 aliphatic rings. The number of carboxylic acid groups (broad SMARTS) is 1.